The summed E-state index contributed by atoms with van der Waals surface area (Å²) < 4.78 is 0.972. The van der Waals surface area contributed by atoms with E-state index in [1.165, 1.54) is 22.7 Å². The number of aromatic nitrogens is 1. The molecule has 0 saturated heterocycles. The maximum atomic E-state index is 12.1. The third kappa shape index (κ3) is 2.21. The third-order valence-electron chi connectivity index (χ3n) is 2.61. The third-order valence-corrected chi connectivity index (χ3v) is 4.23. The molecule has 0 atom stereocenters. The van der Waals surface area contributed by atoms with Crippen molar-refractivity contribution in [2.75, 3.05) is 5.32 Å². The Bertz CT molecular complexity index is 797. The van der Waals surface area contributed by atoms with E-state index < -0.39 is 0 Å². The van der Waals surface area contributed by atoms with Crippen molar-refractivity contribution < 1.29 is 4.79 Å². The standard InChI is InChI=1S/C13H7N3OS2/c14-6-9-3-4-18-13(9)16-12(17)8-1-2-10-11(5-8)19-7-15-10/h1-5,7H,(H,16,17). The molecule has 0 aliphatic carbocycles. The van der Waals surface area contributed by atoms with E-state index in [0.29, 0.717) is 16.1 Å². The minimum atomic E-state index is -0.214. The molecule has 0 aliphatic heterocycles. The molecule has 92 valence electrons. The summed E-state index contributed by atoms with van der Waals surface area (Å²) in [6.45, 7) is 0. The van der Waals surface area contributed by atoms with E-state index >= 15 is 0 Å². The predicted octanol–water partition coefficient (Wildman–Crippen LogP) is 3.48. The van der Waals surface area contributed by atoms with Gasteiger partial charge in [-0.05, 0) is 29.6 Å². The number of nitrogens with one attached hydrogen (secondary N) is 1. The van der Waals surface area contributed by atoms with Crippen molar-refractivity contribution in [3.05, 3.63) is 46.3 Å². The van der Waals surface area contributed by atoms with E-state index in [-0.39, 0.29) is 5.91 Å². The minimum absolute atomic E-state index is 0.214. The van der Waals surface area contributed by atoms with Gasteiger partial charge in [0.2, 0.25) is 0 Å². The number of amides is 1. The lowest BCUT2D eigenvalue weighted by atomic mass is 10.2. The quantitative estimate of drug-likeness (QED) is 0.784. The molecule has 3 rings (SSSR count). The number of hydrogen-bond acceptors (Lipinski definition) is 5. The van der Waals surface area contributed by atoms with Crippen LogP contribution in [0.25, 0.3) is 10.2 Å². The first-order valence-corrected chi connectivity index (χ1v) is 7.16. The Hall–Kier alpha value is -2.23. The second-order valence-electron chi connectivity index (χ2n) is 3.76. The van der Waals surface area contributed by atoms with Crippen molar-refractivity contribution >= 4 is 43.8 Å². The zero-order valence-corrected chi connectivity index (χ0v) is 11.2. The fourth-order valence-corrected chi connectivity index (χ4v) is 3.11. The Labute approximate surface area is 117 Å². The van der Waals surface area contributed by atoms with Gasteiger partial charge in [0, 0.05) is 5.56 Å². The largest absolute Gasteiger partial charge is 0.312 e. The molecule has 0 saturated carbocycles. The molecule has 4 nitrogen and oxygen atoms in total. The average molecular weight is 285 g/mol. The van der Waals surface area contributed by atoms with Crippen LogP contribution in [0.4, 0.5) is 5.00 Å². The number of carbonyl (C=O) groups excluding carboxylic acids is 1. The number of anilines is 1. The van der Waals surface area contributed by atoms with Crippen LogP contribution >= 0.6 is 22.7 Å². The molecule has 0 aliphatic rings. The van der Waals surface area contributed by atoms with E-state index in [1.807, 2.05) is 18.2 Å². The summed E-state index contributed by atoms with van der Waals surface area (Å²) in [5.41, 5.74) is 3.68. The molecule has 2 aromatic heterocycles. The van der Waals surface area contributed by atoms with Crippen LogP contribution in [-0.2, 0) is 0 Å². The Kier molecular flexibility index (Phi) is 2.99. The number of fused-ring (bicyclic) bond motifs is 1. The van der Waals surface area contributed by atoms with Gasteiger partial charge in [0.25, 0.3) is 5.91 Å². The molecule has 0 unspecified atom stereocenters. The molecule has 2 heterocycles. The fraction of sp³-hybridized carbons (Fsp3) is 0. The summed E-state index contributed by atoms with van der Waals surface area (Å²) >= 11 is 2.83. The van der Waals surface area contributed by atoms with Gasteiger partial charge in [0.15, 0.2) is 0 Å². The van der Waals surface area contributed by atoms with Gasteiger partial charge < -0.3 is 5.32 Å². The topological polar surface area (TPSA) is 65.8 Å². The number of thiazole rings is 1. The molecule has 0 radical (unpaired) electrons. The molecular weight excluding hydrogens is 278 g/mol. The summed E-state index contributed by atoms with van der Waals surface area (Å²) in [5.74, 6) is -0.214. The van der Waals surface area contributed by atoms with Gasteiger partial charge in [-0.2, -0.15) is 5.26 Å². The van der Waals surface area contributed by atoms with Gasteiger partial charge in [-0.1, -0.05) is 0 Å². The predicted molar refractivity (Wildman–Crippen MR) is 76.6 cm³/mol. The lowest BCUT2D eigenvalue weighted by Crippen LogP contribution is -2.11. The summed E-state index contributed by atoms with van der Waals surface area (Å²) in [7, 11) is 0. The summed E-state index contributed by atoms with van der Waals surface area (Å²) in [6.07, 6.45) is 0. The number of nitriles is 1. The van der Waals surface area contributed by atoms with Crippen LogP contribution in [0.2, 0.25) is 0 Å². The van der Waals surface area contributed by atoms with Crippen LogP contribution in [0.15, 0.2) is 35.2 Å². The van der Waals surface area contributed by atoms with Gasteiger partial charge in [-0.15, -0.1) is 22.7 Å². The summed E-state index contributed by atoms with van der Waals surface area (Å²) in [5, 5.41) is 14.0. The molecule has 6 heteroatoms. The Morgan fingerprint density at radius 3 is 3.05 bits per heavy atom. The Morgan fingerprint density at radius 1 is 1.32 bits per heavy atom. The number of benzene rings is 1. The average Bonchev–Trinajstić information content (AvgIpc) is 3.05. The van der Waals surface area contributed by atoms with Crippen molar-refractivity contribution in [2.24, 2.45) is 0 Å². The smallest absolute Gasteiger partial charge is 0.256 e. The van der Waals surface area contributed by atoms with Crippen molar-refractivity contribution in [3.63, 3.8) is 0 Å². The number of nitrogens with zero attached hydrogens (tertiary/aromatic N) is 2. The maximum absolute atomic E-state index is 12.1. The molecule has 19 heavy (non-hydrogen) atoms. The Morgan fingerprint density at radius 2 is 2.21 bits per heavy atom. The molecule has 1 N–H and O–H groups in total. The van der Waals surface area contributed by atoms with E-state index in [4.69, 9.17) is 5.26 Å². The molecule has 0 bridgehead atoms. The van der Waals surface area contributed by atoms with Gasteiger partial charge in [0.1, 0.15) is 11.1 Å². The van der Waals surface area contributed by atoms with Crippen LogP contribution in [0.3, 0.4) is 0 Å². The molecule has 1 amide bonds. The minimum Gasteiger partial charge on any atom is -0.312 e. The zero-order chi connectivity index (χ0) is 13.2. The van der Waals surface area contributed by atoms with Crippen LogP contribution < -0.4 is 5.32 Å². The van der Waals surface area contributed by atoms with Crippen molar-refractivity contribution in [3.8, 4) is 6.07 Å². The van der Waals surface area contributed by atoms with E-state index in [2.05, 4.69) is 10.3 Å². The number of rotatable bonds is 2. The highest BCUT2D eigenvalue weighted by Gasteiger charge is 2.11. The molecule has 0 fully saturated rings. The van der Waals surface area contributed by atoms with Gasteiger partial charge in [-0.3, -0.25) is 4.79 Å². The van der Waals surface area contributed by atoms with Crippen molar-refractivity contribution in [1.82, 2.24) is 4.98 Å². The van der Waals surface area contributed by atoms with E-state index in [9.17, 15) is 4.79 Å². The monoisotopic (exact) mass is 285 g/mol. The zero-order valence-electron chi connectivity index (χ0n) is 9.58. The summed E-state index contributed by atoms with van der Waals surface area (Å²) in [6, 6.07) is 9.09. The highest BCUT2D eigenvalue weighted by Crippen LogP contribution is 2.24. The first-order chi connectivity index (χ1) is 9.28. The molecule has 3 aromatic rings. The molecule has 1 aromatic carbocycles. The van der Waals surface area contributed by atoms with Crippen LogP contribution in [-0.4, -0.2) is 10.9 Å². The van der Waals surface area contributed by atoms with E-state index in [1.54, 1.807) is 23.0 Å². The Balaban J connectivity index is 1.89. The first kappa shape index (κ1) is 11.8. The van der Waals surface area contributed by atoms with Crippen molar-refractivity contribution in [2.45, 2.75) is 0 Å². The molecular formula is C13H7N3OS2. The van der Waals surface area contributed by atoms with Crippen molar-refractivity contribution in [1.29, 1.82) is 5.26 Å². The second-order valence-corrected chi connectivity index (χ2v) is 5.57. The normalized spacial score (nSPS) is 10.3. The lowest BCUT2D eigenvalue weighted by Gasteiger charge is -2.03. The maximum Gasteiger partial charge on any atom is 0.256 e. The second kappa shape index (κ2) is 4.80. The number of hydrogen-bond donors (Lipinski definition) is 1. The summed E-state index contributed by atoms with van der Waals surface area (Å²) in [4.78, 5) is 16.3. The molecule has 0 spiro atoms. The van der Waals surface area contributed by atoms with Crippen LogP contribution in [0, 0.1) is 11.3 Å². The van der Waals surface area contributed by atoms with Gasteiger partial charge in [0.05, 0.1) is 21.3 Å². The highest BCUT2D eigenvalue weighted by molar-refractivity contribution is 7.16. The number of carbonyl (C=O) groups is 1. The van der Waals surface area contributed by atoms with Crippen LogP contribution in [0.5, 0.6) is 0 Å². The van der Waals surface area contributed by atoms with Crippen LogP contribution in [0.1, 0.15) is 15.9 Å². The number of thiophene rings is 1. The fourth-order valence-electron chi connectivity index (χ4n) is 1.67. The van der Waals surface area contributed by atoms with Gasteiger partial charge >= 0.3 is 0 Å². The highest BCUT2D eigenvalue weighted by atomic mass is 32.1. The van der Waals surface area contributed by atoms with Gasteiger partial charge in [-0.25, -0.2) is 4.98 Å². The van der Waals surface area contributed by atoms with E-state index in [0.717, 1.165) is 10.2 Å². The first-order valence-electron chi connectivity index (χ1n) is 5.40. The SMILES string of the molecule is N#Cc1ccsc1NC(=O)c1ccc2ncsc2c1. The lowest BCUT2D eigenvalue weighted by molar-refractivity contribution is 0.102.